The number of carbonyl (C=O) groups excluding carboxylic acids is 1. The van der Waals surface area contributed by atoms with Gasteiger partial charge in [0.2, 0.25) is 5.91 Å². The molecule has 19 heavy (non-hydrogen) atoms. The molecule has 1 aromatic carbocycles. The average Bonchev–Trinajstić information content (AvgIpc) is 2.78. The van der Waals surface area contributed by atoms with Crippen LogP contribution in [0, 0.1) is 5.82 Å². The number of hydrogen-bond donors (Lipinski definition) is 0. The van der Waals surface area contributed by atoms with E-state index in [0.29, 0.717) is 12.3 Å². The zero-order valence-corrected chi connectivity index (χ0v) is 11.4. The van der Waals surface area contributed by atoms with Gasteiger partial charge in [0.1, 0.15) is 5.82 Å². The maximum absolute atomic E-state index is 12.8. The predicted octanol–water partition coefficient (Wildman–Crippen LogP) is 2.27. The fourth-order valence-electron chi connectivity index (χ4n) is 2.45. The molecule has 0 aromatic heterocycles. The Kier molecular flexibility index (Phi) is 4.91. The monoisotopic (exact) mass is 264 g/mol. The van der Waals surface area contributed by atoms with Crippen LogP contribution in [0.1, 0.15) is 24.8 Å². The molecule has 1 aliphatic heterocycles. The lowest BCUT2D eigenvalue weighted by molar-refractivity contribution is -0.127. The van der Waals surface area contributed by atoms with Crippen LogP contribution < -0.4 is 0 Å². The van der Waals surface area contributed by atoms with Gasteiger partial charge in [-0.15, -0.1) is 0 Å². The molecular weight excluding hydrogens is 243 g/mol. The molecule has 104 valence electrons. The van der Waals surface area contributed by atoms with Crippen LogP contribution in [0.3, 0.4) is 0 Å². The summed E-state index contributed by atoms with van der Waals surface area (Å²) in [5.41, 5.74) is 1.11. The van der Waals surface area contributed by atoms with Gasteiger partial charge in [-0.25, -0.2) is 4.39 Å². The molecule has 1 amide bonds. The minimum absolute atomic E-state index is 0.195. The van der Waals surface area contributed by atoms with Gasteiger partial charge in [-0.3, -0.25) is 4.79 Å². The molecule has 1 heterocycles. The highest BCUT2D eigenvalue weighted by Crippen LogP contribution is 2.10. The summed E-state index contributed by atoms with van der Waals surface area (Å²) in [5.74, 6) is 0.0973. The number of halogens is 1. The maximum Gasteiger partial charge on any atom is 0.222 e. The van der Waals surface area contributed by atoms with Crippen molar-refractivity contribution in [2.75, 3.05) is 26.7 Å². The summed E-state index contributed by atoms with van der Waals surface area (Å²) in [6.07, 6.45) is 2.71. The van der Waals surface area contributed by atoms with Crippen LogP contribution in [0.5, 0.6) is 0 Å². The van der Waals surface area contributed by atoms with Gasteiger partial charge in [0, 0.05) is 26.1 Å². The molecule has 0 N–H and O–H groups in total. The van der Waals surface area contributed by atoms with Crippen LogP contribution in [0.15, 0.2) is 24.3 Å². The van der Waals surface area contributed by atoms with Crippen molar-refractivity contribution < 1.29 is 9.18 Å². The van der Waals surface area contributed by atoms with E-state index in [-0.39, 0.29) is 5.82 Å². The number of nitrogens with zero attached hydrogens (tertiary/aromatic N) is 2. The minimum atomic E-state index is -0.195. The van der Waals surface area contributed by atoms with Crippen LogP contribution in [-0.2, 0) is 11.3 Å². The van der Waals surface area contributed by atoms with E-state index in [9.17, 15) is 9.18 Å². The Hall–Kier alpha value is -1.42. The summed E-state index contributed by atoms with van der Waals surface area (Å²) in [7, 11) is 2.05. The topological polar surface area (TPSA) is 23.6 Å². The lowest BCUT2D eigenvalue weighted by Gasteiger charge is -2.20. The molecule has 2 rings (SSSR count). The average molecular weight is 264 g/mol. The zero-order valence-electron chi connectivity index (χ0n) is 11.4. The molecule has 0 bridgehead atoms. The first-order chi connectivity index (χ1) is 9.15. The predicted molar refractivity (Wildman–Crippen MR) is 73.2 cm³/mol. The lowest BCUT2D eigenvalue weighted by Crippen LogP contribution is -2.29. The van der Waals surface area contributed by atoms with Crippen molar-refractivity contribution in [1.29, 1.82) is 0 Å². The van der Waals surface area contributed by atoms with Gasteiger partial charge in [0.25, 0.3) is 0 Å². The Morgan fingerprint density at radius 3 is 2.68 bits per heavy atom. The SMILES string of the molecule is CN(CCCN1CCCC1=O)Cc1ccc(F)cc1. The van der Waals surface area contributed by atoms with E-state index in [0.717, 1.165) is 44.6 Å². The van der Waals surface area contributed by atoms with Crippen molar-refractivity contribution in [3.63, 3.8) is 0 Å². The van der Waals surface area contributed by atoms with E-state index in [1.807, 2.05) is 17.0 Å². The third-order valence-corrected chi connectivity index (χ3v) is 3.50. The number of likely N-dealkylation sites (tertiary alicyclic amines) is 1. The summed E-state index contributed by atoms with van der Waals surface area (Å²) >= 11 is 0. The molecule has 3 nitrogen and oxygen atoms in total. The Morgan fingerprint density at radius 1 is 1.32 bits per heavy atom. The summed E-state index contributed by atoms with van der Waals surface area (Å²) < 4.78 is 12.8. The fourth-order valence-corrected chi connectivity index (χ4v) is 2.45. The largest absolute Gasteiger partial charge is 0.343 e. The first kappa shape index (κ1) is 14.0. The van der Waals surface area contributed by atoms with Crippen LogP contribution in [0.2, 0.25) is 0 Å². The van der Waals surface area contributed by atoms with Crippen LogP contribution >= 0.6 is 0 Å². The molecule has 0 aliphatic carbocycles. The quantitative estimate of drug-likeness (QED) is 0.787. The molecular formula is C15H21FN2O. The summed E-state index contributed by atoms with van der Waals surface area (Å²) in [6.45, 7) is 3.53. The molecule has 0 radical (unpaired) electrons. The second-order valence-corrected chi connectivity index (χ2v) is 5.20. The highest BCUT2D eigenvalue weighted by Gasteiger charge is 2.19. The molecule has 4 heteroatoms. The number of carbonyl (C=O) groups is 1. The molecule has 1 aromatic rings. The summed E-state index contributed by atoms with van der Waals surface area (Å²) in [5, 5.41) is 0. The standard InChI is InChI=1S/C15H21FN2O/c1-17(12-13-5-7-14(16)8-6-13)9-3-11-18-10-2-4-15(18)19/h5-8H,2-4,9-12H2,1H3. The Bertz CT molecular complexity index is 419. The van der Waals surface area contributed by atoms with E-state index in [4.69, 9.17) is 0 Å². The van der Waals surface area contributed by atoms with E-state index < -0.39 is 0 Å². The van der Waals surface area contributed by atoms with Gasteiger partial charge in [0.15, 0.2) is 0 Å². The van der Waals surface area contributed by atoms with Gasteiger partial charge in [-0.2, -0.15) is 0 Å². The van der Waals surface area contributed by atoms with Crippen molar-refractivity contribution in [2.24, 2.45) is 0 Å². The number of hydrogen-bond acceptors (Lipinski definition) is 2. The molecule has 0 unspecified atom stereocenters. The van der Waals surface area contributed by atoms with Gasteiger partial charge in [0.05, 0.1) is 0 Å². The molecule has 0 atom stereocenters. The van der Waals surface area contributed by atoms with Crippen molar-refractivity contribution in [3.05, 3.63) is 35.6 Å². The van der Waals surface area contributed by atoms with Gasteiger partial charge in [-0.1, -0.05) is 12.1 Å². The highest BCUT2D eigenvalue weighted by atomic mass is 19.1. The van der Waals surface area contributed by atoms with Gasteiger partial charge >= 0.3 is 0 Å². The van der Waals surface area contributed by atoms with Gasteiger partial charge < -0.3 is 9.80 Å². The van der Waals surface area contributed by atoms with Crippen LogP contribution in [0.4, 0.5) is 4.39 Å². The first-order valence-electron chi connectivity index (χ1n) is 6.86. The number of amides is 1. The third-order valence-electron chi connectivity index (χ3n) is 3.50. The summed E-state index contributed by atoms with van der Waals surface area (Å²) in [6, 6.07) is 6.61. The Morgan fingerprint density at radius 2 is 2.05 bits per heavy atom. The van der Waals surface area contributed by atoms with Gasteiger partial charge in [-0.05, 0) is 44.1 Å². The normalized spacial score (nSPS) is 15.5. The molecule has 1 aliphatic rings. The lowest BCUT2D eigenvalue weighted by atomic mass is 10.2. The molecule has 1 saturated heterocycles. The van der Waals surface area contributed by atoms with E-state index >= 15 is 0 Å². The Labute approximate surface area is 114 Å². The number of benzene rings is 1. The van der Waals surface area contributed by atoms with Crippen molar-refractivity contribution in [1.82, 2.24) is 9.80 Å². The van der Waals surface area contributed by atoms with E-state index in [2.05, 4.69) is 11.9 Å². The van der Waals surface area contributed by atoms with Crippen LogP contribution in [-0.4, -0.2) is 42.4 Å². The molecule has 0 spiro atoms. The molecule has 1 fully saturated rings. The molecule has 0 saturated carbocycles. The highest BCUT2D eigenvalue weighted by molar-refractivity contribution is 5.77. The number of rotatable bonds is 6. The van der Waals surface area contributed by atoms with Crippen molar-refractivity contribution in [3.8, 4) is 0 Å². The Balaban J connectivity index is 1.68. The summed E-state index contributed by atoms with van der Waals surface area (Å²) in [4.78, 5) is 15.6. The van der Waals surface area contributed by atoms with E-state index in [1.165, 1.54) is 12.1 Å². The second-order valence-electron chi connectivity index (χ2n) is 5.20. The van der Waals surface area contributed by atoms with Crippen molar-refractivity contribution >= 4 is 5.91 Å². The van der Waals surface area contributed by atoms with Crippen LogP contribution in [0.25, 0.3) is 0 Å². The smallest absolute Gasteiger partial charge is 0.222 e. The zero-order chi connectivity index (χ0) is 13.7. The first-order valence-corrected chi connectivity index (χ1v) is 6.86. The third kappa shape index (κ3) is 4.31. The van der Waals surface area contributed by atoms with E-state index in [1.54, 1.807) is 0 Å². The second kappa shape index (κ2) is 6.66. The minimum Gasteiger partial charge on any atom is -0.343 e. The maximum atomic E-state index is 12.8. The van der Waals surface area contributed by atoms with Crippen molar-refractivity contribution in [2.45, 2.75) is 25.8 Å². The fraction of sp³-hybridized carbons (Fsp3) is 0.533.